The molecule has 1 aromatic heterocycles. The Morgan fingerprint density at radius 2 is 2.19 bits per heavy atom. The van der Waals surface area contributed by atoms with Crippen LogP contribution in [0.2, 0.25) is 0 Å². The first-order valence-electron chi connectivity index (χ1n) is 8.04. The van der Waals surface area contributed by atoms with E-state index in [1.54, 1.807) is 18.3 Å². The predicted octanol–water partition coefficient (Wildman–Crippen LogP) is 3.94. The van der Waals surface area contributed by atoms with Gasteiger partial charge in [-0.3, -0.25) is 4.79 Å². The number of ether oxygens (including phenoxy) is 1. The van der Waals surface area contributed by atoms with Crippen LogP contribution >= 0.6 is 23.3 Å². The molecule has 7 heteroatoms. The Balaban J connectivity index is 1.98. The first-order valence-corrected chi connectivity index (χ1v) is 10.0. The second-order valence-corrected chi connectivity index (χ2v) is 7.35. The number of ketones is 1. The van der Waals surface area contributed by atoms with Crippen LogP contribution in [0, 0.1) is 5.82 Å². The molecule has 136 valence electrons. The first-order chi connectivity index (χ1) is 12.6. The Kier molecular flexibility index (Phi) is 6.37. The lowest BCUT2D eigenvalue weighted by molar-refractivity contribution is 0.0663. The average molecular weight is 391 g/mol. The molecule has 0 bridgehead atoms. The number of thioether (sulfide) groups is 1. The SMILES string of the molecule is CSc1ccc(Cc2c(C(=O)COCCO)ccc3cnsc23)c(F)c1. The van der Waals surface area contributed by atoms with Crippen molar-refractivity contribution in [3.63, 3.8) is 0 Å². The number of carbonyl (C=O) groups excluding carboxylic acids is 1. The number of benzene rings is 2. The maximum atomic E-state index is 14.5. The van der Waals surface area contributed by atoms with Gasteiger partial charge in [-0.2, -0.15) is 4.37 Å². The van der Waals surface area contributed by atoms with E-state index >= 15 is 0 Å². The summed E-state index contributed by atoms with van der Waals surface area (Å²) >= 11 is 2.78. The molecule has 0 saturated carbocycles. The minimum atomic E-state index is -0.284. The highest BCUT2D eigenvalue weighted by atomic mass is 32.2. The minimum absolute atomic E-state index is 0.106. The Bertz CT molecular complexity index is 926. The highest BCUT2D eigenvalue weighted by molar-refractivity contribution is 7.98. The molecule has 0 spiro atoms. The third-order valence-electron chi connectivity index (χ3n) is 4.02. The minimum Gasteiger partial charge on any atom is -0.394 e. The Morgan fingerprint density at radius 3 is 2.92 bits per heavy atom. The number of aliphatic hydroxyl groups excluding tert-OH is 1. The van der Waals surface area contributed by atoms with E-state index in [1.165, 1.54) is 29.4 Å². The monoisotopic (exact) mass is 391 g/mol. The second-order valence-electron chi connectivity index (χ2n) is 5.67. The number of rotatable bonds is 8. The van der Waals surface area contributed by atoms with Crippen LogP contribution in [0.25, 0.3) is 10.1 Å². The van der Waals surface area contributed by atoms with Crippen LogP contribution in [0.5, 0.6) is 0 Å². The van der Waals surface area contributed by atoms with E-state index in [-0.39, 0.29) is 31.4 Å². The molecule has 0 atom stereocenters. The number of carbonyl (C=O) groups is 1. The molecule has 0 unspecified atom stereocenters. The van der Waals surface area contributed by atoms with Crippen molar-refractivity contribution in [2.45, 2.75) is 11.3 Å². The van der Waals surface area contributed by atoms with Crippen molar-refractivity contribution in [1.29, 1.82) is 0 Å². The van der Waals surface area contributed by atoms with Crippen molar-refractivity contribution in [2.75, 3.05) is 26.1 Å². The van der Waals surface area contributed by atoms with E-state index in [9.17, 15) is 9.18 Å². The van der Waals surface area contributed by atoms with E-state index in [0.29, 0.717) is 17.5 Å². The highest BCUT2D eigenvalue weighted by Crippen LogP contribution is 2.30. The third kappa shape index (κ3) is 4.12. The van der Waals surface area contributed by atoms with Gasteiger partial charge in [-0.25, -0.2) is 4.39 Å². The summed E-state index contributed by atoms with van der Waals surface area (Å²) < 4.78 is 24.7. The zero-order chi connectivity index (χ0) is 18.5. The summed E-state index contributed by atoms with van der Waals surface area (Å²) in [5.74, 6) is -0.474. The van der Waals surface area contributed by atoms with E-state index in [1.807, 2.05) is 18.4 Å². The summed E-state index contributed by atoms with van der Waals surface area (Å²) in [4.78, 5) is 13.4. The van der Waals surface area contributed by atoms with Gasteiger partial charge in [0.25, 0.3) is 0 Å². The van der Waals surface area contributed by atoms with Gasteiger partial charge in [-0.15, -0.1) is 11.8 Å². The largest absolute Gasteiger partial charge is 0.394 e. The Hall–Kier alpha value is -1.80. The standard InChI is InChI=1S/C19H18FNO3S2/c1-25-14-4-2-12(17(20)9-14)8-16-15(18(23)11-24-7-6-22)5-3-13-10-21-26-19(13)16/h2-5,9-10,22H,6-8,11H2,1H3. The number of hydrogen-bond donors (Lipinski definition) is 1. The number of hydrogen-bond acceptors (Lipinski definition) is 6. The van der Waals surface area contributed by atoms with Crippen molar-refractivity contribution in [3.8, 4) is 0 Å². The van der Waals surface area contributed by atoms with Crippen molar-refractivity contribution in [2.24, 2.45) is 0 Å². The van der Waals surface area contributed by atoms with E-state index in [2.05, 4.69) is 4.37 Å². The molecule has 0 amide bonds. The average Bonchev–Trinajstić information content (AvgIpc) is 3.12. The summed E-state index contributed by atoms with van der Waals surface area (Å²) in [6.07, 6.45) is 3.95. The molecule has 26 heavy (non-hydrogen) atoms. The van der Waals surface area contributed by atoms with Gasteiger partial charge in [0.2, 0.25) is 0 Å². The second kappa shape index (κ2) is 8.73. The van der Waals surface area contributed by atoms with E-state index in [0.717, 1.165) is 20.5 Å². The van der Waals surface area contributed by atoms with Crippen LogP contribution in [0.1, 0.15) is 21.5 Å². The van der Waals surface area contributed by atoms with Crippen molar-refractivity contribution in [1.82, 2.24) is 4.37 Å². The molecule has 0 radical (unpaired) electrons. The summed E-state index contributed by atoms with van der Waals surface area (Å²) in [6, 6.07) is 8.73. The molecule has 3 rings (SSSR count). The van der Waals surface area contributed by atoms with Gasteiger partial charge in [0.05, 0.1) is 17.9 Å². The number of Topliss-reactive ketones (excluding diaryl/α,β-unsaturated/α-hetero) is 1. The third-order valence-corrected chi connectivity index (χ3v) is 5.62. The van der Waals surface area contributed by atoms with E-state index < -0.39 is 0 Å². The molecule has 0 aliphatic rings. The number of nitrogens with zero attached hydrogens (tertiary/aromatic N) is 1. The quantitative estimate of drug-likeness (QED) is 0.358. The number of aromatic nitrogens is 1. The number of fused-ring (bicyclic) bond motifs is 1. The highest BCUT2D eigenvalue weighted by Gasteiger charge is 2.18. The molecule has 0 fully saturated rings. The van der Waals surface area contributed by atoms with Crippen molar-refractivity contribution >= 4 is 39.2 Å². The van der Waals surface area contributed by atoms with Crippen LogP contribution in [0.15, 0.2) is 41.4 Å². The maximum absolute atomic E-state index is 14.5. The maximum Gasteiger partial charge on any atom is 0.188 e. The van der Waals surface area contributed by atoms with Gasteiger partial charge in [0.15, 0.2) is 5.78 Å². The molecule has 4 nitrogen and oxygen atoms in total. The topological polar surface area (TPSA) is 59.4 Å². The molecule has 0 saturated heterocycles. The molecular formula is C19H18FNO3S2. The summed E-state index contributed by atoms with van der Waals surface area (Å²) in [5.41, 5.74) is 1.81. The predicted molar refractivity (Wildman–Crippen MR) is 103 cm³/mol. The Labute approximate surface area is 159 Å². The summed E-state index contributed by atoms with van der Waals surface area (Å²) in [5, 5.41) is 9.73. The van der Waals surface area contributed by atoms with Crippen LogP contribution < -0.4 is 0 Å². The molecular weight excluding hydrogens is 373 g/mol. The van der Waals surface area contributed by atoms with Gasteiger partial charge in [0.1, 0.15) is 12.4 Å². The van der Waals surface area contributed by atoms with Crippen LogP contribution in [0.3, 0.4) is 0 Å². The molecule has 0 aliphatic heterocycles. The molecule has 3 aromatic rings. The van der Waals surface area contributed by atoms with Gasteiger partial charge in [-0.05, 0) is 41.0 Å². The van der Waals surface area contributed by atoms with Crippen LogP contribution in [-0.2, 0) is 11.2 Å². The molecule has 1 N–H and O–H groups in total. The lowest BCUT2D eigenvalue weighted by Crippen LogP contribution is -2.14. The fourth-order valence-electron chi connectivity index (χ4n) is 2.72. The van der Waals surface area contributed by atoms with Crippen molar-refractivity contribution < 1.29 is 19.0 Å². The van der Waals surface area contributed by atoms with Crippen LogP contribution in [-0.4, -0.2) is 41.3 Å². The molecule has 0 aliphatic carbocycles. The first kappa shape index (κ1) is 19.0. The van der Waals surface area contributed by atoms with Gasteiger partial charge in [-0.1, -0.05) is 18.2 Å². The van der Waals surface area contributed by atoms with Gasteiger partial charge >= 0.3 is 0 Å². The summed E-state index contributed by atoms with van der Waals surface area (Å²) in [6.45, 7) is -0.151. The number of aliphatic hydroxyl groups is 1. The lowest BCUT2D eigenvalue weighted by atomic mass is 9.96. The number of halogens is 1. The summed E-state index contributed by atoms with van der Waals surface area (Å²) in [7, 11) is 0. The van der Waals surface area contributed by atoms with Gasteiger partial charge < -0.3 is 9.84 Å². The fraction of sp³-hybridized carbons (Fsp3) is 0.263. The zero-order valence-corrected chi connectivity index (χ0v) is 15.8. The normalized spacial score (nSPS) is 11.2. The molecule has 2 aromatic carbocycles. The van der Waals surface area contributed by atoms with Crippen molar-refractivity contribution in [3.05, 3.63) is 59.0 Å². The van der Waals surface area contributed by atoms with Gasteiger partial charge in [0, 0.05) is 28.5 Å². The Morgan fingerprint density at radius 1 is 1.35 bits per heavy atom. The lowest BCUT2D eigenvalue weighted by Gasteiger charge is -2.12. The molecule has 1 heterocycles. The fourth-order valence-corrected chi connectivity index (χ4v) is 3.94. The zero-order valence-electron chi connectivity index (χ0n) is 14.2. The van der Waals surface area contributed by atoms with E-state index in [4.69, 9.17) is 9.84 Å². The smallest absolute Gasteiger partial charge is 0.188 e. The van der Waals surface area contributed by atoms with Crippen LogP contribution in [0.4, 0.5) is 4.39 Å².